The van der Waals surface area contributed by atoms with Gasteiger partial charge < -0.3 is 0 Å². The van der Waals surface area contributed by atoms with Gasteiger partial charge >= 0.3 is 0 Å². The first kappa shape index (κ1) is 10.6. The fourth-order valence-corrected chi connectivity index (χ4v) is 2.56. The van der Waals surface area contributed by atoms with Gasteiger partial charge in [0.05, 0.1) is 16.6 Å². The summed E-state index contributed by atoms with van der Waals surface area (Å²) >= 11 is 7.39. The van der Waals surface area contributed by atoms with Gasteiger partial charge in [-0.25, -0.2) is 5.43 Å². The van der Waals surface area contributed by atoms with Crippen molar-refractivity contribution in [1.82, 2.24) is 15.2 Å². The van der Waals surface area contributed by atoms with Crippen molar-refractivity contribution in [3.63, 3.8) is 0 Å². The summed E-state index contributed by atoms with van der Waals surface area (Å²) in [6.07, 6.45) is 3.72. The molecule has 0 aromatic carbocycles. The minimum absolute atomic E-state index is 0.0452. The van der Waals surface area contributed by atoms with E-state index in [0.29, 0.717) is 0 Å². The molecule has 1 atom stereocenters. The lowest BCUT2D eigenvalue weighted by atomic mass is 10.1. The molecule has 0 aliphatic rings. The van der Waals surface area contributed by atoms with Crippen molar-refractivity contribution in [1.29, 1.82) is 0 Å². The molecule has 0 spiro atoms. The Balaban J connectivity index is 2.32. The van der Waals surface area contributed by atoms with E-state index in [9.17, 15) is 0 Å². The average molecular weight is 243 g/mol. The molecule has 0 bridgehead atoms. The molecule has 0 saturated carbocycles. The maximum absolute atomic E-state index is 5.88. The zero-order valence-electron chi connectivity index (χ0n) is 8.14. The summed E-state index contributed by atoms with van der Waals surface area (Å²) in [6.45, 7) is 0. The monoisotopic (exact) mass is 242 g/mol. The molecule has 2 rings (SSSR count). The number of thiophene rings is 1. The van der Waals surface area contributed by atoms with Crippen molar-refractivity contribution in [2.75, 3.05) is 0 Å². The van der Waals surface area contributed by atoms with E-state index in [1.807, 2.05) is 25.4 Å². The van der Waals surface area contributed by atoms with Crippen LogP contribution in [-0.4, -0.2) is 9.78 Å². The molecule has 0 aliphatic heterocycles. The van der Waals surface area contributed by atoms with Gasteiger partial charge in [0, 0.05) is 23.7 Å². The van der Waals surface area contributed by atoms with E-state index in [-0.39, 0.29) is 6.04 Å². The molecule has 4 nitrogen and oxygen atoms in total. The number of rotatable bonds is 3. The van der Waals surface area contributed by atoms with Crippen molar-refractivity contribution in [2.45, 2.75) is 6.04 Å². The van der Waals surface area contributed by atoms with Crippen LogP contribution in [0.2, 0.25) is 4.34 Å². The quantitative estimate of drug-likeness (QED) is 0.636. The zero-order valence-corrected chi connectivity index (χ0v) is 9.72. The van der Waals surface area contributed by atoms with E-state index >= 15 is 0 Å². The molecule has 0 aliphatic carbocycles. The number of aromatic nitrogens is 2. The first-order valence-corrected chi connectivity index (χ1v) is 5.60. The summed E-state index contributed by atoms with van der Waals surface area (Å²) in [5.74, 6) is 5.53. The van der Waals surface area contributed by atoms with Crippen LogP contribution in [0, 0.1) is 0 Å². The minimum atomic E-state index is -0.0452. The third-order valence-corrected chi connectivity index (χ3v) is 3.40. The Bertz CT molecular complexity index is 410. The number of nitrogens with zero attached hydrogens (tertiary/aromatic N) is 2. The summed E-state index contributed by atoms with van der Waals surface area (Å²) in [5, 5.41) is 4.11. The smallest absolute Gasteiger partial charge is 0.0931 e. The van der Waals surface area contributed by atoms with Crippen LogP contribution in [0.1, 0.15) is 16.5 Å². The maximum Gasteiger partial charge on any atom is 0.0931 e. The van der Waals surface area contributed by atoms with Crippen LogP contribution in [0.25, 0.3) is 0 Å². The fourth-order valence-electron chi connectivity index (χ4n) is 1.42. The van der Waals surface area contributed by atoms with Gasteiger partial charge in [-0.2, -0.15) is 5.10 Å². The van der Waals surface area contributed by atoms with Crippen molar-refractivity contribution in [3.05, 3.63) is 39.3 Å². The highest BCUT2D eigenvalue weighted by Crippen LogP contribution is 2.30. The number of hydrogen-bond donors (Lipinski definition) is 2. The molecule has 0 fully saturated rings. The number of nitrogens with one attached hydrogen (secondary N) is 1. The second-order valence-corrected chi connectivity index (χ2v) is 4.94. The zero-order chi connectivity index (χ0) is 10.8. The largest absolute Gasteiger partial charge is 0.275 e. The number of hydrogen-bond acceptors (Lipinski definition) is 4. The van der Waals surface area contributed by atoms with E-state index in [1.54, 1.807) is 10.9 Å². The fraction of sp³-hybridized carbons (Fsp3) is 0.222. The normalized spacial score (nSPS) is 13.0. The second kappa shape index (κ2) is 4.32. The highest BCUT2D eigenvalue weighted by atomic mass is 35.5. The first-order chi connectivity index (χ1) is 7.20. The van der Waals surface area contributed by atoms with Crippen LogP contribution in [0.4, 0.5) is 0 Å². The van der Waals surface area contributed by atoms with Gasteiger partial charge in [-0.05, 0) is 12.1 Å². The summed E-state index contributed by atoms with van der Waals surface area (Å²) in [6, 6.07) is 3.78. The molecule has 0 radical (unpaired) electrons. The lowest BCUT2D eigenvalue weighted by Crippen LogP contribution is -2.27. The lowest BCUT2D eigenvalue weighted by molar-refractivity contribution is 0.645. The Morgan fingerprint density at radius 3 is 2.87 bits per heavy atom. The summed E-state index contributed by atoms with van der Waals surface area (Å²) < 4.78 is 2.50. The van der Waals surface area contributed by atoms with Crippen LogP contribution in [0.15, 0.2) is 24.5 Å². The highest BCUT2D eigenvalue weighted by Gasteiger charge is 2.15. The van der Waals surface area contributed by atoms with Crippen LogP contribution in [0.3, 0.4) is 0 Å². The molecule has 2 heterocycles. The van der Waals surface area contributed by atoms with Gasteiger partial charge in [0.25, 0.3) is 0 Å². The van der Waals surface area contributed by atoms with Gasteiger partial charge in [0.2, 0.25) is 0 Å². The molecule has 6 heteroatoms. The Hall–Kier alpha value is -0.880. The first-order valence-electron chi connectivity index (χ1n) is 4.40. The number of halogens is 1. The summed E-state index contributed by atoms with van der Waals surface area (Å²) in [4.78, 5) is 1.08. The van der Waals surface area contributed by atoms with E-state index in [2.05, 4.69) is 10.5 Å². The minimum Gasteiger partial charge on any atom is -0.275 e. The Kier molecular flexibility index (Phi) is 3.06. The second-order valence-electron chi connectivity index (χ2n) is 3.19. The number of nitrogens with two attached hydrogens (primary N) is 1. The van der Waals surface area contributed by atoms with Crippen molar-refractivity contribution < 1.29 is 0 Å². The maximum atomic E-state index is 5.88. The average Bonchev–Trinajstić information content (AvgIpc) is 2.78. The van der Waals surface area contributed by atoms with Gasteiger partial charge in [-0.1, -0.05) is 11.6 Å². The van der Waals surface area contributed by atoms with E-state index in [0.717, 1.165) is 14.8 Å². The van der Waals surface area contributed by atoms with Gasteiger partial charge in [-0.15, -0.1) is 11.3 Å². The predicted octanol–water partition coefficient (Wildman–Crippen LogP) is 1.69. The topological polar surface area (TPSA) is 55.9 Å². The summed E-state index contributed by atoms with van der Waals surface area (Å²) in [7, 11) is 1.87. The molecule has 1 unspecified atom stereocenters. The predicted molar refractivity (Wildman–Crippen MR) is 61.7 cm³/mol. The molecule has 2 aromatic heterocycles. The third kappa shape index (κ3) is 2.21. The van der Waals surface area contributed by atoms with Crippen LogP contribution < -0.4 is 11.3 Å². The standard InChI is InChI=1S/C9H11ClN4S/c1-14-5-6(4-12-14)9(13-11)7-2-3-8(10)15-7/h2-5,9,13H,11H2,1H3. The highest BCUT2D eigenvalue weighted by molar-refractivity contribution is 7.16. The van der Waals surface area contributed by atoms with E-state index < -0.39 is 0 Å². The number of hydrazine groups is 1. The SMILES string of the molecule is Cn1cc(C(NN)c2ccc(Cl)s2)cn1. The molecular weight excluding hydrogens is 232 g/mol. The molecule has 0 saturated heterocycles. The van der Waals surface area contributed by atoms with Crippen LogP contribution >= 0.6 is 22.9 Å². The van der Waals surface area contributed by atoms with Gasteiger partial charge in [0.15, 0.2) is 0 Å². The van der Waals surface area contributed by atoms with Crippen molar-refractivity contribution >= 4 is 22.9 Å². The van der Waals surface area contributed by atoms with Gasteiger partial charge in [0.1, 0.15) is 0 Å². The molecular formula is C9H11ClN4S. The lowest BCUT2D eigenvalue weighted by Gasteiger charge is -2.11. The van der Waals surface area contributed by atoms with Gasteiger partial charge in [-0.3, -0.25) is 10.5 Å². The van der Waals surface area contributed by atoms with Crippen LogP contribution in [0.5, 0.6) is 0 Å². The van der Waals surface area contributed by atoms with Crippen molar-refractivity contribution in [3.8, 4) is 0 Å². The molecule has 2 aromatic rings. The molecule has 0 amide bonds. The third-order valence-electron chi connectivity index (χ3n) is 2.10. The van der Waals surface area contributed by atoms with E-state index in [1.165, 1.54) is 11.3 Å². The van der Waals surface area contributed by atoms with E-state index in [4.69, 9.17) is 17.4 Å². The molecule has 80 valence electrons. The van der Waals surface area contributed by atoms with Crippen LogP contribution in [-0.2, 0) is 7.05 Å². The Morgan fingerprint density at radius 2 is 2.40 bits per heavy atom. The molecule has 3 N–H and O–H groups in total. The Labute approximate surface area is 96.6 Å². The number of aryl methyl sites for hydroxylation is 1. The summed E-state index contributed by atoms with van der Waals surface area (Å²) in [5.41, 5.74) is 3.79. The van der Waals surface area contributed by atoms with Crippen molar-refractivity contribution in [2.24, 2.45) is 12.9 Å². The molecule has 15 heavy (non-hydrogen) atoms. The Morgan fingerprint density at radius 1 is 1.60 bits per heavy atom.